The molecule has 2 aromatic carbocycles. The lowest BCUT2D eigenvalue weighted by molar-refractivity contribution is -0.131. The second-order valence-corrected chi connectivity index (χ2v) is 6.30. The van der Waals surface area contributed by atoms with Crippen molar-refractivity contribution in [1.29, 1.82) is 0 Å². The highest BCUT2D eigenvalue weighted by molar-refractivity contribution is 5.98. The molecule has 0 atom stereocenters. The molecule has 142 valence electrons. The van der Waals surface area contributed by atoms with E-state index in [1.54, 1.807) is 0 Å². The zero-order chi connectivity index (χ0) is 20.5. The SMILES string of the molecule is CC(=O)C=CC(=O)Cc1ccc(-c2ccc(CC(=O)C=CC(=O)O)cc2)cc1. The molecule has 0 saturated carbocycles. The number of carbonyl (C=O) groups is 4. The maximum absolute atomic E-state index is 11.8. The van der Waals surface area contributed by atoms with Gasteiger partial charge in [0, 0.05) is 18.9 Å². The Labute approximate surface area is 163 Å². The summed E-state index contributed by atoms with van der Waals surface area (Å²) in [4.78, 5) is 44.7. The molecule has 0 aliphatic carbocycles. The van der Waals surface area contributed by atoms with Crippen LogP contribution in [0.1, 0.15) is 18.1 Å². The van der Waals surface area contributed by atoms with Crippen molar-refractivity contribution in [2.24, 2.45) is 0 Å². The Bertz CT molecular complexity index is 852. The summed E-state index contributed by atoms with van der Waals surface area (Å²) in [6.45, 7) is 1.40. The lowest BCUT2D eigenvalue weighted by Crippen LogP contribution is -2.00. The topological polar surface area (TPSA) is 88.5 Å². The molecule has 2 aromatic rings. The van der Waals surface area contributed by atoms with E-state index < -0.39 is 5.97 Å². The largest absolute Gasteiger partial charge is 0.478 e. The van der Waals surface area contributed by atoms with Crippen LogP contribution in [0.15, 0.2) is 72.8 Å². The number of carboxylic acids is 1. The summed E-state index contributed by atoms with van der Waals surface area (Å²) in [5.74, 6) is -1.72. The van der Waals surface area contributed by atoms with E-state index >= 15 is 0 Å². The van der Waals surface area contributed by atoms with Crippen molar-refractivity contribution in [3.05, 3.63) is 84.0 Å². The van der Waals surface area contributed by atoms with Crippen molar-refractivity contribution in [3.63, 3.8) is 0 Å². The quantitative estimate of drug-likeness (QED) is 0.678. The Balaban J connectivity index is 2.00. The van der Waals surface area contributed by atoms with Crippen LogP contribution in [0.2, 0.25) is 0 Å². The lowest BCUT2D eigenvalue weighted by atomic mass is 9.99. The minimum absolute atomic E-state index is 0.131. The van der Waals surface area contributed by atoms with Crippen LogP contribution in [0.3, 0.4) is 0 Å². The van der Waals surface area contributed by atoms with Crippen LogP contribution in [0, 0.1) is 0 Å². The number of ketones is 3. The van der Waals surface area contributed by atoms with Crippen LogP contribution >= 0.6 is 0 Å². The van der Waals surface area contributed by atoms with Gasteiger partial charge in [-0.15, -0.1) is 0 Å². The molecule has 0 fully saturated rings. The van der Waals surface area contributed by atoms with Crippen LogP contribution in [0.5, 0.6) is 0 Å². The van der Waals surface area contributed by atoms with Gasteiger partial charge < -0.3 is 5.11 Å². The van der Waals surface area contributed by atoms with E-state index in [2.05, 4.69) is 0 Å². The molecular weight excluding hydrogens is 356 g/mol. The Hall–Kier alpha value is -3.60. The average Bonchev–Trinajstić information content (AvgIpc) is 2.66. The van der Waals surface area contributed by atoms with Gasteiger partial charge in [0.1, 0.15) is 0 Å². The van der Waals surface area contributed by atoms with Gasteiger partial charge in [0.25, 0.3) is 0 Å². The highest BCUT2D eigenvalue weighted by Gasteiger charge is 2.04. The van der Waals surface area contributed by atoms with Crippen molar-refractivity contribution in [1.82, 2.24) is 0 Å². The summed E-state index contributed by atoms with van der Waals surface area (Å²) in [5.41, 5.74) is 3.59. The highest BCUT2D eigenvalue weighted by Crippen LogP contribution is 2.21. The third kappa shape index (κ3) is 6.96. The van der Waals surface area contributed by atoms with Crippen LogP contribution in [-0.4, -0.2) is 28.4 Å². The molecular formula is C23H20O5. The molecule has 0 radical (unpaired) electrons. The van der Waals surface area contributed by atoms with Crippen LogP contribution in [0.25, 0.3) is 11.1 Å². The predicted molar refractivity (Wildman–Crippen MR) is 106 cm³/mol. The van der Waals surface area contributed by atoms with Crippen molar-refractivity contribution in [2.45, 2.75) is 19.8 Å². The highest BCUT2D eigenvalue weighted by atomic mass is 16.4. The first-order chi connectivity index (χ1) is 13.3. The monoisotopic (exact) mass is 376 g/mol. The summed E-state index contributed by atoms with van der Waals surface area (Å²) in [7, 11) is 0. The minimum Gasteiger partial charge on any atom is -0.478 e. The third-order valence-electron chi connectivity index (χ3n) is 3.91. The molecule has 0 heterocycles. The van der Waals surface area contributed by atoms with E-state index in [0.29, 0.717) is 0 Å². The van der Waals surface area contributed by atoms with Gasteiger partial charge >= 0.3 is 5.97 Å². The molecule has 0 spiro atoms. The molecule has 0 bridgehead atoms. The maximum Gasteiger partial charge on any atom is 0.328 e. The maximum atomic E-state index is 11.8. The van der Waals surface area contributed by atoms with Gasteiger partial charge in [-0.2, -0.15) is 0 Å². The molecule has 5 heteroatoms. The summed E-state index contributed by atoms with van der Waals surface area (Å²) in [6, 6.07) is 15.0. The third-order valence-corrected chi connectivity index (χ3v) is 3.91. The molecule has 0 aromatic heterocycles. The first kappa shape index (κ1) is 20.7. The Morgan fingerprint density at radius 2 is 1.07 bits per heavy atom. The van der Waals surface area contributed by atoms with Gasteiger partial charge in [-0.1, -0.05) is 48.5 Å². The van der Waals surface area contributed by atoms with E-state index in [4.69, 9.17) is 5.11 Å². The number of hydrogen-bond acceptors (Lipinski definition) is 4. The van der Waals surface area contributed by atoms with Gasteiger partial charge in [-0.25, -0.2) is 4.79 Å². The number of carbonyl (C=O) groups excluding carboxylic acids is 3. The van der Waals surface area contributed by atoms with Crippen LogP contribution in [-0.2, 0) is 32.0 Å². The summed E-state index contributed by atoms with van der Waals surface area (Å²) in [5, 5.41) is 8.53. The Kier molecular flexibility index (Phi) is 7.34. The first-order valence-electron chi connectivity index (χ1n) is 8.67. The van der Waals surface area contributed by atoms with E-state index in [-0.39, 0.29) is 30.2 Å². The first-order valence-corrected chi connectivity index (χ1v) is 8.67. The number of benzene rings is 2. The van der Waals surface area contributed by atoms with Crippen LogP contribution < -0.4 is 0 Å². The molecule has 0 unspecified atom stereocenters. The van der Waals surface area contributed by atoms with E-state index in [1.165, 1.54) is 19.1 Å². The normalized spacial score (nSPS) is 11.0. The van der Waals surface area contributed by atoms with Crippen LogP contribution in [0.4, 0.5) is 0 Å². The summed E-state index contributed by atoms with van der Waals surface area (Å²) >= 11 is 0. The van der Waals surface area contributed by atoms with Gasteiger partial charge in [0.15, 0.2) is 17.3 Å². The van der Waals surface area contributed by atoms with Gasteiger partial charge in [-0.05, 0) is 47.4 Å². The fourth-order valence-electron chi connectivity index (χ4n) is 2.52. The average molecular weight is 376 g/mol. The summed E-state index contributed by atoms with van der Waals surface area (Å²) in [6.07, 6.45) is 4.82. The van der Waals surface area contributed by atoms with Crippen molar-refractivity contribution >= 4 is 23.3 Å². The molecule has 5 nitrogen and oxygen atoms in total. The number of allylic oxidation sites excluding steroid dienone is 3. The smallest absolute Gasteiger partial charge is 0.328 e. The molecule has 0 aliphatic rings. The molecule has 2 rings (SSSR count). The summed E-state index contributed by atoms with van der Waals surface area (Å²) < 4.78 is 0. The van der Waals surface area contributed by atoms with Crippen molar-refractivity contribution in [2.75, 3.05) is 0 Å². The Morgan fingerprint density at radius 3 is 1.43 bits per heavy atom. The molecule has 28 heavy (non-hydrogen) atoms. The number of carboxylic acid groups (broad SMARTS) is 1. The second kappa shape index (κ2) is 9.92. The fourth-order valence-corrected chi connectivity index (χ4v) is 2.52. The van der Waals surface area contributed by atoms with Crippen molar-refractivity contribution < 1.29 is 24.3 Å². The molecule has 1 N–H and O–H groups in total. The minimum atomic E-state index is -1.15. The molecule has 0 aliphatic heterocycles. The Morgan fingerprint density at radius 1 is 0.679 bits per heavy atom. The van der Waals surface area contributed by atoms with E-state index in [9.17, 15) is 19.2 Å². The number of aliphatic carboxylic acids is 1. The van der Waals surface area contributed by atoms with E-state index in [0.717, 1.165) is 34.4 Å². The van der Waals surface area contributed by atoms with Crippen molar-refractivity contribution in [3.8, 4) is 11.1 Å². The standard InChI is InChI=1S/C23H20O5/c1-16(24)2-11-21(25)14-17-3-7-19(8-4-17)20-9-5-18(6-10-20)15-22(26)12-13-23(27)28/h2-13H,14-15H2,1H3,(H,27,28). The van der Waals surface area contributed by atoms with E-state index in [1.807, 2.05) is 48.5 Å². The number of rotatable bonds is 9. The van der Waals surface area contributed by atoms with Gasteiger partial charge in [-0.3, -0.25) is 14.4 Å². The predicted octanol–water partition coefficient (Wildman–Crippen LogP) is 3.36. The van der Waals surface area contributed by atoms with Gasteiger partial charge in [0.05, 0.1) is 0 Å². The molecule has 0 saturated heterocycles. The zero-order valence-electron chi connectivity index (χ0n) is 15.4. The fraction of sp³-hybridized carbons (Fsp3) is 0.130. The number of hydrogen-bond donors (Lipinski definition) is 1. The zero-order valence-corrected chi connectivity index (χ0v) is 15.4. The molecule has 0 amide bonds. The van der Waals surface area contributed by atoms with Gasteiger partial charge in [0.2, 0.25) is 0 Å². The second-order valence-electron chi connectivity index (χ2n) is 6.30. The lowest BCUT2D eigenvalue weighted by Gasteiger charge is -2.05.